The molecule has 0 radical (unpaired) electrons. The standard InChI is InChI=1S/C19H23N3O4S/c1-4-15(13-7-5-12(2)6-8-13)21-17(24)11-27-19-20-14(9-16(23)22-19)10-18(25)26-3/h5-9,15H,4,10-11H2,1-3H3,(H,21,24)(H,20,22,23)/t15-/m1/s1. The van der Waals surface area contributed by atoms with Gasteiger partial charge >= 0.3 is 5.97 Å². The molecule has 2 rings (SSSR count). The Morgan fingerprint density at radius 1 is 1.30 bits per heavy atom. The van der Waals surface area contributed by atoms with E-state index in [0.717, 1.165) is 29.3 Å². The van der Waals surface area contributed by atoms with E-state index in [1.807, 2.05) is 38.1 Å². The summed E-state index contributed by atoms with van der Waals surface area (Å²) in [5.74, 6) is -0.536. The molecule has 0 bridgehead atoms. The van der Waals surface area contributed by atoms with Gasteiger partial charge in [0, 0.05) is 6.07 Å². The van der Waals surface area contributed by atoms with Gasteiger partial charge in [-0.15, -0.1) is 0 Å². The molecule has 1 aromatic carbocycles. The van der Waals surface area contributed by atoms with Crippen LogP contribution in [0.1, 0.15) is 36.2 Å². The number of nitrogens with one attached hydrogen (secondary N) is 2. The Bertz CT molecular complexity index is 849. The van der Waals surface area contributed by atoms with Crippen molar-refractivity contribution in [1.29, 1.82) is 0 Å². The van der Waals surface area contributed by atoms with E-state index in [0.29, 0.717) is 10.9 Å². The number of carbonyl (C=O) groups excluding carboxylic acids is 2. The molecule has 0 saturated carbocycles. The number of aryl methyl sites for hydroxylation is 1. The number of H-pyrrole nitrogens is 1. The van der Waals surface area contributed by atoms with E-state index in [2.05, 4.69) is 20.0 Å². The number of nitrogens with zero attached hydrogens (tertiary/aromatic N) is 1. The van der Waals surface area contributed by atoms with Gasteiger partial charge in [-0.05, 0) is 18.9 Å². The Morgan fingerprint density at radius 2 is 2.00 bits per heavy atom. The number of rotatable bonds is 8. The molecule has 2 N–H and O–H groups in total. The molecule has 7 nitrogen and oxygen atoms in total. The van der Waals surface area contributed by atoms with Crippen LogP contribution in [0.2, 0.25) is 0 Å². The normalized spacial score (nSPS) is 11.7. The first-order chi connectivity index (χ1) is 12.9. The molecule has 0 aliphatic rings. The molecule has 0 saturated heterocycles. The minimum Gasteiger partial charge on any atom is -0.469 e. The van der Waals surface area contributed by atoms with Crippen LogP contribution < -0.4 is 10.9 Å². The van der Waals surface area contributed by atoms with Crippen molar-refractivity contribution in [3.63, 3.8) is 0 Å². The van der Waals surface area contributed by atoms with Crippen molar-refractivity contribution in [2.75, 3.05) is 12.9 Å². The van der Waals surface area contributed by atoms with Crippen LogP contribution >= 0.6 is 11.8 Å². The second kappa shape index (κ2) is 9.91. The van der Waals surface area contributed by atoms with Crippen molar-refractivity contribution in [3.8, 4) is 0 Å². The van der Waals surface area contributed by atoms with Gasteiger partial charge in [0.15, 0.2) is 5.16 Å². The van der Waals surface area contributed by atoms with Gasteiger partial charge in [0.25, 0.3) is 5.56 Å². The quantitative estimate of drug-likeness (QED) is 0.408. The van der Waals surface area contributed by atoms with Gasteiger partial charge in [-0.3, -0.25) is 14.4 Å². The van der Waals surface area contributed by atoms with Crippen LogP contribution in [0.4, 0.5) is 0 Å². The number of benzene rings is 1. The first-order valence-corrected chi connectivity index (χ1v) is 9.55. The Hall–Kier alpha value is -2.61. The van der Waals surface area contributed by atoms with Crippen molar-refractivity contribution in [3.05, 3.63) is 57.5 Å². The van der Waals surface area contributed by atoms with Crippen molar-refractivity contribution in [2.45, 2.75) is 37.9 Å². The van der Waals surface area contributed by atoms with E-state index >= 15 is 0 Å². The van der Waals surface area contributed by atoms with Crippen LogP contribution in [0.5, 0.6) is 0 Å². The molecular formula is C19H23N3O4S. The number of methoxy groups -OCH3 is 1. The molecule has 0 spiro atoms. The Balaban J connectivity index is 1.97. The summed E-state index contributed by atoms with van der Waals surface area (Å²) < 4.78 is 4.58. The van der Waals surface area contributed by atoms with Crippen LogP contribution in [0.25, 0.3) is 0 Å². The SMILES string of the molecule is CC[C@@H](NC(=O)CSc1nc(CC(=O)OC)cc(=O)[nH]1)c1ccc(C)cc1. The molecule has 8 heteroatoms. The summed E-state index contributed by atoms with van der Waals surface area (Å²) in [5.41, 5.74) is 2.14. The monoisotopic (exact) mass is 389 g/mol. The molecule has 1 atom stereocenters. The average molecular weight is 389 g/mol. The summed E-state index contributed by atoms with van der Waals surface area (Å²) in [5, 5.41) is 3.28. The summed E-state index contributed by atoms with van der Waals surface area (Å²) in [6.07, 6.45) is 0.675. The number of ether oxygens (including phenoxy) is 1. The summed E-state index contributed by atoms with van der Waals surface area (Å²) in [7, 11) is 1.27. The van der Waals surface area contributed by atoms with Gasteiger partial charge in [0.2, 0.25) is 5.91 Å². The highest BCUT2D eigenvalue weighted by Gasteiger charge is 2.14. The molecule has 144 valence electrons. The highest BCUT2D eigenvalue weighted by atomic mass is 32.2. The van der Waals surface area contributed by atoms with E-state index in [4.69, 9.17) is 0 Å². The lowest BCUT2D eigenvalue weighted by molar-refractivity contribution is -0.139. The molecule has 1 amide bonds. The number of amides is 1. The topological polar surface area (TPSA) is 101 Å². The molecule has 0 aliphatic heterocycles. The number of carbonyl (C=O) groups is 2. The second-order valence-corrected chi connectivity index (χ2v) is 6.99. The predicted octanol–water partition coefficient (Wildman–Crippen LogP) is 2.15. The first kappa shape index (κ1) is 20.7. The highest BCUT2D eigenvalue weighted by molar-refractivity contribution is 7.99. The maximum atomic E-state index is 12.3. The van der Waals surface area contributed by atoms with Crippen molar-refractivity contribution in [2.24, 2.45) is 0 Å². The number of thioether (sulfide) groups is 1. The Morgan fingerprint density at radius 3 is 2.63 bits per heavy atom. The zero-order chi connectivity index (χ0) is 19.8. The number of aromatic nitrogens is 2. The van der Waals surface area contributed by atoms with E-state index in [1.54, 1.807) is 0 Å². The molecule has 0 fully saturated rings. The lowest BCUT2D eigenvalue weighted by atomic mass is 10.0. The van der Waals surface area contributed by atoms with Crippen molar-refractivity contribution < 1.29 is 14.3 Å². The van der Waals surface area contributed by atoms with Crippen LogP contribution in [0, 0.1) is 6.92 Å². The number of esters is 1. The lowest BCUT2D eigenvalue weighted by Gasteiger charge is -2.17. The number of hydrogen-bond acceptors (Lipinski definition) is 6. The minimum atomic E-state index is -0.481. The summed E-state index contributed by atoms with van der Waals surface area (Å²) in [4.78, 5) is 42.1. The zero-order valence-electron chi connectivity index (χ0n) is 15.6. The Labute approximate surface area is 161 Å². The summed E-state index contributed by atoms with van der Waals surface area (Å²) in [6, 6.07) is 9.21. The second-order valence-electron chi connectivity index (χ2n) is 6.02. The van der Waals surface area contributed by atoms with Crippen molar-refractivity contribution in [1.82, 2.24) is 15.3 Å². The van der Waals surface area contributed by atoms with Gasteiger partial charge in [0.1, 0.15) is 0 Å². The van der Waals surface area contributed by atoms with E-state index < -0.39 is 5.97 Å². The fourth-order valence-electron chi connectivity index (χ4n) is 2.45. The molecule has 27 heavy (non-hydrogen) atoms. The van der Waals surface area contributed by atoms with E-state index in [-0.39, 0.29) is 29.7 Å². The third-order valence-corrected chi connectivity index (χ3v) is 4.76. The van der Waals surface area contributed by atoms with Gasteiger partial charge < -0.3 is 15.0 Å². The first-order valence-electron chi connectivity index (χ1n) is 8.57. The van der Waals surface area contributed by atoms with Gasteiger partial charge in [-0.25, -0.2) is 4.98 Å². The van der Waals surface area contributed by atoms with Gasteiger partial charge in [-0.1, -0.05) is 48.5 Å². The van der Waals surface area contributed by atoms with Crippen LogP contribution in [0.3, 0.4) is 0 Å². The summed E-state index contributed by atoms with van der Waals surface area (Å²) >= 11 is 1.11. The fraction of sp³-hybridized carbons (Fsp3) is 0.368. The van der Waals surface area contributed by atoms with Crippen LogP contribution in [-0.4, -0.2) is 34.7 Å². The lowest BCUT2D eigenvalue weighted by Crippen LogP contribution is -2.29. The molecule has 1 aromatic heterocycles. The number of hydrogen-bond donors (Lipinski definition) is 2. The third kappa shape index (κ3) is 6.56. The maximum absolute atomic E-state index is 12.3. The van der Waals surface area contributed by atoms with Crippen LogP contribution in [0.15, 0.2) is 40.3 Å². The van der Waals surface area contributed by atoms with Gasteiger partial charge in [-0.2, -0.15) is 0 Å². The smallest absolute Gasteiger partial charge is 0.311 e. The number of aromatic amines is 1. The Kier molecular flexibility index (Phi) is 7.60. The summed E-state index contributed by atoms with van der Waals surface area (Å²) in [6.45, 7) is 4.02. The van der Waals surface area contributed by atoms with E-state index in [1.165, 1.54) is 13.2 Å². The third-order valence-electron chi connectivity index (χ3n) is 3.89. The van der Waals surface area contributed by atoms with Crippen LogP contribution in [-0.2, 0) is 20.7 Å². The highest BCUT2D eigenvalue weighted by Crippen LogP contribution is 2.18. The zero-order valence-corrected chi connectivity index (χ0v) is 16.4. The molecule has 1 heterocycles. The minimum absolute atomic E-state index is 0.0728. The van der Waals surface area contributed by atoms with E-state index in [9.17, 15) is 14.4 Å². The average Bonchev–Trinajstić information content (AvgIpc) is 2.64. The van der Waals surface area contributed by atoms with Gasteiger partial charge in [0.05, 0.1) is 31.0 Å². The molecule has 2 aromatic rings. The molecular weight excluding hydrogens is 366 g/mol. The fourth-order valence-corrected chi connectivity index (χ4v) is 3.16. The van der Waals surface area contributed by atoms with Crippen molar-refractivity contribution >= 4 is 23.6 Å². The maximum Gasteiger partial charge on any atom is 0.311 e. The molecule has 0 unspecified atom stereocenters. The predicted molar refractivity (Wildman–Crippen MR) is 104 cm³/mol. The largest absolute Gasteiger partial charge is 0.469 e. The molecule has 0 aliphatic carbocycles.